The van der Waals surface area contributed by atoms with Crippen LogP contribution in [0.2, 0.25) is 0 Å². The van der Waals surface area contributed by atoms with Crippen molar-refractivity contribution in [2.45, 2.75) is 71.6 Å². The molecule has 0 radical (unpaired) electrons. The summed E-state index contributed by atoms with van der Waals surface area (Å²) in [6, 6.07) is 30.4. The van der Waals surface area contributed by atoms with Crippen LogP contribution in [0.3, 0.4) is 0 Å². The molecule has 49 heavy (non-hydrogen) atoms. The van der Waals surface area contributed by atoms with Gasteiger partial charge in [-0.15, -0.1) is 0 Å². The van der Waals surface area contributed by atoms with Crippen LogP contribution in [-0.2, 0) is 6.42 Å². The lowest BCUT2D eigenvalue weighted by molar-refractivity contribution is 0.104. The number of fused-ring (bicyclic) bond motifs is 6. The van der Waals surface area contributed by atoms with Crippen LogP contribution in [0.15, 0.2) is 84.9 Å². The molecule has 7 aromatic carbocycles. The third kappa shape index (κ3) is 4.65. The summed E-state index contributed by atoms with van der Waals surface area (Å²) in [6.07, 6.45) is 10.0. The number of hydrogen-bond acceptors (Lipinski definition) is 3. The van der Waals surface area contributed by atoms with E-state index in [0.29, 0.717) is 13.2 Å². The van der Waals surface area contributed by atoms with E-state index in [2.05, 4.69) is 80.6 Å². The number of unbranched alkanes of at least 4 members (excludes halogenated alkanes) is 6. The van der Waals surface area contributed by atoms with Crippen molar-refractivity contribution in [3.8, 4) is 33.8 Å². The van der Waals surface area contributed by atoms with Crippen molar-refractivity contribution >= 4 is 48.9 Å². The van der Waals surface area contributed by atoms with Gasteiger partial charge >= 0.3 is 0 Å². The van der Waals surface area contributed by atoms with Gasteiger partial charge in [-0.2, -0.15) is 0 Å². The second-order valence-corrected chi connectivity index (χ2v) is 14.1. The first-order chi connectivity index (χ1) is 24.2. The summed E-state index contributed by atoms with van der Waals surface area (Å²) in [5.74, 6) is 1.90. The Morgan fingerprint density at radius 1 is 0.469 bits per heavy atom. The summed E-state index contributed by atoms with van der Waals surface area (Å²) in [5.41, 5.74) is 8.85. The quantitative estimate of drug-likeness (QED) is 0.0756. The minimum atomic E-state index is 0.0916. The van der Waals surface area contributed by atoms with E-state index in [4.69, 9.17) is 9.47 Å². The first-order valence-electron chi connectivity index (χ1n) is 18.4. The van der Waals surface area contributed by atoms with Gasteiger partial charge in [0.25, 0.3) is 0 Å². The first-order valence-corrected chi connectivity index (χ1v) is 18.4. The van der Waals surface area contributed by atoms with E-state index in [9.17, 15) is 4.79 Å². The van der Waals surface area contributed by atoms with Crippen LogP contribution >= 0.6 is 0 Å². The Morgan fingerprint density at radius 2 is 1.04 bits per heavy atom. The van der Waals surface area contributed by atoms with Gasteiger partial charge in [0, 0.05) is 38.1 Å². The average Bonchev–Trinajstić information content (AvgIpc) is 3.14. The summed E-state index contributed by atoms with van der Waals surface area (Å²) >= 11 is 0. The molecule has 0 atom stereocenters. The summed E-state index contributed by atoms with van der Waals surface area (Å²) in [4.78, 5) is 14.1. The normalized spacial score (nSPS) is 13.1. The van der Waals surface area contributed by atoms with E-state index in [0.717, 1.165) is 87.4 Å². The van der Waals surface area contributed by atoms with Crippen LogP contribution in [0.1, 0.15) is 92.3 Å². The van der Waals surface area contributed by atoms with Gasteiger partial charge in [-0.3, -0.25) is 4.79 Å². The van der Waals surface area contributed by atoms with E-state index in [1.807, 2.05) is 18.2 Å². The van der Waals surface area contributed by atoms with Crippen LogP contribution in [0.4, 0.5) is 0 Å². The molecule has 0 saturated carbocycles. The number of hydrogen-bond donors (Lipinski definition) is 0. The topological polar surface area (TPSA) is 35.5 Å². The minimum absolute atomic E-state index is 0.0916. The molecule has 0 saturated heterocycles. The Hall–Kier alpha value is -4.89. The van der Waals surface area contributed by atoms with Gasteiger partial charge in [0.1, 0.15) is 11.5 Å². The van der Waals surface area contributed by atoms with E-state index in [1.54, 1.807) is 0 Å². The zero-order valence-electron chi connectivity index (χ0n) is 28.6. The molecule has 3 nitrogen and oxygen atoms in total. The van der Waals surface area contributed by atoms with Gasteiger partial charge in [-0.05, 0) is 87.0 Å². The third-order valence-corrected chi connectivity index (χ3v) is 11.0. The average molecular weight is 643 g/mol. The zero-order chi connectivity index (χ0) is 33.1. The lowest BCUT2D eigenvalue weighted by Crippen LogP contribution is -2.11. The number of ether oxygens (including phenoxy) is 2. The van der Waals surface area contributed by atoms with Crippen LogP contribution < -0.4 is 9.47 Å². The van der Waals surface area contributed by atoms with Crippen LogP contribution in [0.25, 0.3) is 65.3 Å². The molecule has 0 unspecified atom stereocenters. The predicted octanol–water partition coefficient (Wildman–Crippen LogP) is 12.4. The molecule has 0 aromatic heterocycles. The first kappa shape index (κ1) is 30.2. The molecule has 0 heterocycles. The van der Waals surface area contributed by atoms with E-state index in [1.165, 1.54) is 69.5 Å². The summed E-state index contributed by atoms with van der Waals surface area (Å²) in [7, 11) is 0. The predicted molar refractivity (Wildman–Crippen MR) is 204 cm³/mol. The number of ketones is 1. The molecule has 9 rings (SSSR count). The molecule has 244 valence electrons. The lowest BCUT2D eigenvalue weighted by Gasteiger charge is -2.28. The highest BCUT2D eigenvalue weighted by molar-refractivity contribution is 6.41. The van der Waals surface area contributed by atoms with Crippen molar-refractivity contribution in [3.05, 3.63) is 107 Å². The molecule has 0 N–H and O–H groups in total. The second kappa shape index (κ2) is 12.2. The highest BCUT2D eigenvalue weighted by atomic mass is 16.5. The fourth-order valence-corrected chi connectivity index (χ4v) is 8.71. The molecule has 0 amide bonds. The molecule has 2 aliphatic rings. The van der Waals surface area contributed by atoms with Crippen molar-refractivity contribution in [2.75, 3.05) is 13.2 Å². The van der Waals surface area contributed by atoms with Crippen LogP contribution in [0, 0.1) is 0 Å². The van der Waals surface area contributed by atoms with Gasteiger partial charge < -0.3 is 9.47 Å². The number of carbonyl (C=O) groups excluding carboxylic acids is 1. The Kier molecular flexibility index (Phi) is 7.53. The molecule has 2 aliphatic carbocycles. The summed E-state index contributed by atoms with van der Waals surface area (Å²) < 4.78 is 13.8. The van der Waals surface area contributed by atoms with Crippen molar-refractivity contribution < 1.29 is 14.3 Å². The van der Waals surface area contributed by atoms with E-state index < -0.39 is 0 Å². The Morgan fingerprint density at radius 3 is 1.71 bits per heavy atom. The van der Waals surface area contributed by atoms with Crippen molar-refractivity contribution in [3.63, 3.8) is 0 Å². The van der Waals surface area contributed by atoms with Crippen LogP contribution in [0.5, 0.6) is 11.5 Å². The SMILES string of the molecule is CCCCCCOc1cc2c3c(ccc4c5ccc6c7c(cc(OCCCCCC)c(c1c34)c75)-c1ccccc1C6=O)Cc1ccccc1-2. The molecule has 0 spiro atoms. The molecule has 0 bridgehead atoms. The minimum Gasteiger partial charge on any atom is -0.493 e. The van der Waals surface area contributed by atoms with Crippen molar-refractivity contribution in [1.82, 2.24) is 0 Å². The van der Waals surface area contributed by atoms with E-state index >= 15 is 0 Å². The number of benzene rings is 7. The summed E-state index contributed by atoms with van der Waals surface area (Å²) in [5, 5.41) is 9.30. The molecular weight excluding hydrogens is 601 g/mol. The van der Waals surface area contributed by atoms with Gasteiger partial charge in [0.15, 0.2) is 5.78 Å². The Balaban J connectivity index is 1.40. The fraction of sp³-hybridized carbons (Fsp3) is 0.283. The molecule has 0 fully saturated rings. The maximum absolute atomic E-state index is 14.1. The zero-order valence-corrected chi connectivity index (χ0v) is 28.6. The van der Waals surface area contributed by atoms with Gasteiger partial charge in [0.2, 0.25) is 0 Å². The Bertz CT molecular complexity index is 2420. The molecule has 3 heteroatoms. The maximum atomic E-state index is 14.1. The van der Waals surface area contributed by atoms with Crippen LogP contribution in [-0.4, -0.2) is 19.0 Å². The third-order valence-electron chi connectivity index (χ3n) is 11.0. The Labute approximate surface area is 288 Å². The highest BCUT2D eigenvalue weighted by Gasteiger charge is 2.32. The summed E-state index contributed by atoms with van der Waals surface area (Å²) in [6.45, 7) is 5.82. The van der Waals surface area contributed by atoms with Gasteiger partial charge in [-0.25, -0.2) is 0 Å². The smallest absolute Gasteiger partial charge is 0.194 e. The number of carbonyl (C=O) groups is 1. The van der Waals surface area contributed by atoms with Crippen molar-refractivity contribution in [2.24, 2.45) is 0 Å². The standard InChI is InChI=1S/C46H42O3/c1-3-5-7-13-23-48-38-26-36-30-16-10-9-15-28(30)25-29-19-20-32-33-21-22-35-41-37(31-17-11-12-18-34(31)46(35)47)27-39(49-24-14-8-6-4-2)45(43(33)41)44(38)42(32)40(29)36/h9-12,15-22,26-27H,3-8,13-14,23-25H2,1-2H3. The van der Waals surface area contributed by atoms with Gasteiger partial charge in [-0.1, -0.05) is 119 Å². The fourth-order valence-electron chi connectivity index (χ4n) is 8.71. The highest BCUT2D eigenvalue weighted by Crippen LogP contribution is 2.55. The lowest BCUT2D eigenvalue weighted by atomic mass is 9.76. The second-order valence-electron chi connectivity index (χ2n) is 14.1. The maximum Gasteiger partial charge on any atom is 0.194 e. The van der Waals surface area contributed by atoms with E-state index in [-0.39, 0.29) is 5.78 Å². The van der Waals surface area contributed by atoms with Crippen molar-refractivity contribution in [1.29, 1.82) is 0 Å². The largest absolute Gasteiger partial charge is 0.493 e. The molecule has 0 aliphatic heterocycles. The number of rotatable bonds is 12. The van der Waals surface area contributed by atoms with Gasteiger partial charge in [0.05, 0.1) is 13.2 Å². The molecule has 7 aromatic rings. The monoisotopic (exact) mass is 642 g/mol. The molecular formula is C46H42O3.